The first-order valence-corrected chi connectivity index (χ1v) is 28.0. The summed E-state index contributed by atoms with van der Waals surface area (Å²) in [6, 6.07) is 30.4. The van der Waals surface area contributed by atoms with Crippen molar-refractivity contribution < 1.29 is 47.5 Å². The summed E-state index contributed by atoms with van der Waals surface area (Å²) in [4.78, 5) is 38.8. The number of hydrogen-bond acceptors (Lipinski definition) is 12. The summed E-state index contributed by atoms with van der Waals surface area (Å²) in [7, 11) is 13.4. The number of hydrogen-bond donors (Lipinski definition) is 1. The smallest absolute Gasteiger partial charge is 0.325 e. The molecular formula is C65H80N6O10. The molecule has 16 heteroatoms. The van der Waals surface area contributed by atoms with Crippen LogP contribution >= 0.6 is 0 Å². The van der Waals surface area contributed by atoms with Crippen molar-refractivity contribution in [1.82, 2.24) is 29.8 Å². The number of nitrogens with one attached hydrogen (secondary N) is 1. The molecule has 0 saturated carbocycles. The lowest BCUT2D eigenvalue weighted by atomic mass is 9.77. The van der Waals surface area contributed by atoms with E-state index in [1.807, 2.05) is 58.3 Å². The summed E-state index contributed by atoms with van der Waals surface area (Å²) in [5.41, 5.74) is 8.39. The zero-order chi connectivity index (χ0) is 57.4. The Morgan fingerprint density at radius 1 is 0.457 bits per heavy atom. The fourth-order valence-electron chi connectivity index (χ4n) is 13.5. The number of amides is 4. The highest BCUT2D eigenvalue weighted by atomic mass is 16.5. The van der Waals surface area contributed by atoms with E-state index >= 15 is 0 Å². The van der Waals surface area contributed by atoms with Gasteiger partial charge in [0.25, 0.3) is 0 Å². The van der Waals surface area contributed by atoms with Crippen LogP contribution in [0.2, 0.25) is 0 Å². The molecule has 5 aromatic rings. The summed E-state index contributed by atoms with van der Waals surface area (Å²) >= 11 is 0. The topological polar surface area (TPSA) is 136 Å². The minimum atomic E-state index is -0.424. The van der Waals surface area contributed by atoms with Crippen molar-refractivity contribution in [2.24, 2.45) is 0 Å². The summed E-state index contributed by atoms with van der Waals surface area (Å²) in [6.07, 6.45) is 7.96. The molecule has 6 aliphatic heterocycles. The van der Waals surface area contributed by atoms with Crippen molar-refractivity contribution in [2.75, 3.05) is 83.1 Å². The van der Waals surface area contributed by atoms with E-state index < -0.39 is 5.54 Å². The number of carbonyl (C=O) groups is 2. The predicted octanol–water partition coefficient (Wildman–Crippen LogP) is 10.8. The Balaban J connectivity index is 0.000000185. The van der Waals surface area contributed by atoms with Gasteiger partial charge < -0.3 is 48.1 Å². The van der Waals surface area contributed by atoms with E-state index in [0.29, 0.717) is 19.6 Å². The standard InChI is InChI=1S/C36H43N3O5.C29H37N3O5/c1-35(2)21-32-36(12-14-37(15-13-36)22-26-16-28(41-3)19-29(17-26)42-4)39(23-25-10-8-7-9-11-25)34(40)38(32)24-27-18-30(43-5)20-31(44-6)33(27)35;1-28(2)16-25-29(7-9-31(10-8-29)17-19-11-21(34-3)14-22(12-19)35-4)30-27(33)32(25)18-20-13-23(36-5)15-24(37-6)26(20)28/h7-11,16-21H,12-15,22-24H2,1-6H3;11-16H,7-10,17-18H2,1-6H3,(H,30,33). The molecule has 0 aliphatic carbocycles. The number of likely N-dealkylation sites (tertiary alicyclic amines) is 2. The SMILES string of the molecule is COc1cc(CN2CCC3(CC2)C2=CC(C)(C)c4c(cc(OC)cc4OC)CN2C(=O)N3Cc2ccccc2)cc(OC)c1.COc1cc(CN2CCC3(CC2)NC(=O)N2Cc4cc(OC)cc(OC)c4C(C)(C)C=C23)cc(OC)c1. The lowest BCUT2D eigenvalue weighted by molar-refractivity contribution is 0.0813. The number of allylic oxidation sites excluding steroid dienone is 2. The minimum Gasteiger partial charge on any atom is -0.497 e. The minimum absolute atomic E-state index is 0.0392. The van der Waals surface area contributed by atoms with Crippen LogP contribution in [0.1, 0.15) is 92.3 Å². The summed E-state index contributed by atoms with van der Waals surface area (Å²) in [5, 5.41) is 3.38. The lowest BCUT2D eigenvalue weighted by Crippen LogP contribution is -2.53. The molecule has 6 heterocycles. The quantitative estimate of drug-likeness (QED) is 0.113. The van der Waals surface area contributed by atoms with Gasteiger partial charge in [0.05, 0.1) is 81.0 Å². The summed E-state index contributed by atoms with van der Waals surface area (Å²) < 4.78 is 44.8. The van der Waals surface area contributed by atoms with Crippen LogP contribution in [0, 0.1) is 0 Å². The fourth-order valence-corrected chi connectivity index (χ4v) is 13.5. The van der Waals surface area contributed by atoms with E-state index in [9.17, 15) is 9.59 Å². The molecule has 6 aliphatic rings. The van der Waals surface area contributed by atoms with Crippen LogP contribution in [-0.2, 0) is 43.6 Å². The van der Waals surface area contributed by atoms with Gasteiger partial charge in [-0.05, 0) is 89.9 Å². The Morgan fingerprint density at radius 3 is 1.32 bits per heavy atom. The first-order chi connectivity index (χ1) is 38.9. The number of urea groups is 2. The predicted molar refractivity (Wildman–Crippen MR) is 312 cm³/mol. The zero-order valence-electron chi connectivity index (χ0n) is 49.3. The average molecular weight is 1110 g/mol. The fraction of sp³-hybridized carbons (Fsp3) is 0.446. The second-order valence-electron chi connectivity index (χ2n) is 23.3. The summed E-state index contributed by atoms with van der Waals surface area (Å²) in [6.45, 7) is 15.4. The Kier molecular flexibility index (Phi) is 15.9. The van der Waals surface area contributed by atoms with E-state index in [0.717, 1.165) is 161 Å². The maximum Gasteiger partial charge on any atom is 0.325 e. The zero-order valence-corrected chi connectivity index (χ0v) is 49.3. The van der Waals surface area contributed by atoms with Crippen LogP contribution in [0.4, 0.5) is 9.59 Å². The number of carbonyl (C=O) groups excluding carboxylic acids is 2. The van der Waals surface area contributed by atoms with Crippen LogP contribution in [-0.4, -0.2) is 131 Å². The number of piperidine rings is 2. The second-order valence-corrected chi connectivity index (χ2v) is 23.3. The number of nitrogens with zero attached hydrogens (tertiary/aromatic N) is 5. The van der Waals surface area contributed by atoms with Gasteiger partial charge in [0.1, 0.15) is 46.0 Å². The molecule has 11 rings (SSSR count). The largest absolute Gasteiger partial charge is 0.497 e. The van der Waals surface area contributed by atoms with Gasteiger partial charge in [0, 0.05) is 103 Å². The highest BCUT2D eigenvalue weighted by molar-refractivity contribution is 5.84. The highest BCUT2D eigenvalue weighted by Crippen LogP contribution is 2.52. The molecule has 0 unspecified atom stereocenters. The second kappa shape index (κ2) is 22.8. The van der Waals surface area contributed by atoms with Crippen LogP contribution < -0.4 is 43.2 Å². The Bertz CT molecular complexity index is 3170. The van der Waals surface area contributed by atoms with Gasteiger partial charge >= 0.3 is 12.1 Å². The van der Waals surface area contributed by atoms with Gasteiger partial charge in [-0.3, -0.25) is 19.6 Å². The molecule has 16 nitrogen and oxygen atoms in total. The molecule has 5 aromatic carbocycles. The van der Waals surface area contributed by atoms with E-state index in [2.05, 4.69) is 102 Å². The third-order valence-electron chi connectivity index (χ3n) is 17.5. The highest BCUT2D eigenvalue weighted by Gasteiger charge is 2.56. The molecular weight excluding hydrogens is 1020 g/mol. The maximum absolute atomic E-state index is 14.5. The molecule has 0 bridgehead atoms. The summed E-state index contributed by atoms with van der Waals surface area (Å²) in [5.74, 6) is 6.19. The average Bonchev–Trinajstić information content (AvgIpc) is 3.77. The van der Waals surface area contributed by atoms with Crippen molar-refractivity contribution in [3.8, 4) is 46.0 Å². The van der Waals surface area contributed by atoms with Crippen molar-refractivity contribution >= 4 is 12.1 Å². The Hall–Kier alpha value is -7.56. The number of fused-ring (bicyclic) bond motifs is 6. The van der Waals surface area contributed by atoms with Crippen LogP contribution in [0.25, 0.3) is 0 Å². The van der Waals surface area contributed by atoms with Gasteiger partial charge in [-0.1, -0.05) is 70.2 Å². The Morgan fingerprint density at radius 2 is 0.877 bits per heavy atom. The Labute approximate surface area is 478 Å². The monoisotopic (exact) mass is 1100 g/mol. The van der Waals surface area contributed by atoms with Gasteiger partial charge in [-0.2, -0.15) is 0 Å². The number of ether oxygens (including phenoxy) is 8. The maximum atomic E-state index is 14.5. The van der Waals surface area contributed by atoms with Gasteiger partial charge in [-0.15, -0.1) is 0 Å². The number of methoxy groups -OCH3 is 8. The molecule has 0 atom stereocenters. The van der Waals surface area contributed by atoms with Crippen LogP contribution in [0.3, 0.4) is 0 Å². The van der Waals surface area contributed by atoms with E-state index in [1.165, 1.54) is 0 Å². The van der Waals surface area contributed by atoms with Crippen LogP contribution in [0.5, 0.6) is 46.0 Å². The number of rotatable bonds is 14. The van der Waals surface area contributed by atoms with Crippen molar-refractivity contribution in [3.05, 3.63) is 153 Å². The van der Waals surface area contributed by atoms with Crippen molar-refractivity contribution in [1.29, 1.82) is 0 Å². The normalized spacial score (nSPS) is 19.3. The lowest BCUT2D eigenvalue weighted by Gasteiger charge is -2.45. The molecule has 4 saturated heterocycles. The van der Waals surface area contributed by atoms with Gasteiger partial charge in [0.15, 0.2) is 0 Å². The molecule has 1 N–H and O–H groups in total. The molecule has 81 heavy (non-hydrogen) atoms. The molecule has 0 aromatic heterocycles. The molecule has 430 valence electrons. The third kappa shape index (κ3) is 10.9. The van der Waals surface area contributed by atoms with E-state index in [4.69, 9.17) is 37.9 Å². The van der Waals surface area contributed by atoms with Crippen molar-refractivity contribution in [2.45, 2.75) is 108 Å². The third-order valence-corrected chi connectivity index (χ3v) is 17.5. The number of benzene rings is 5. The van der Waals surface area contributed by atoms with Gasteiger partial charge in [0.2, 0.25) is 0 Å². The molecule has 4 fully saturated rings. The first kappa shape index (κ1) is 56.7. The molecule has 0 radical (unpaired) electrons. The first-order valence-electron chi connectivity index (χ1n) is 28.0. The van der Waals surface area contributed by atoms with E-state index in [1.54, 1.807) is 56.9 Å². The molecule has 2 spiro atoms. The van der Waals surface area contributed by atoms with Gasteiger partial charge in [-0.25, -0.2) is 9.59 Å². The van der Waals surface area contributed by atoms with Crippen molar-refractivity contribution in [3.63, 3.8) is 0 Å². The van der Waals surface area contributed by atoms with E-state index in [-0.39, 0.29) is 28.4 Å². The molecule has 4 amide bonds. The van der Waals surface area contributed by atoms with Crippen LogP contribution in [0.15, 0.2) is 115 Å².